The molecule has 0 spiro atoms. The first kappa shape index (κ1) is 54.9. The molecule has 29 heteroatoms. The standard InChI is InChI=1S/C45H56N12O17/c46-15-22-73-23-17-48-39(62)28-14-21-53(45(68)34-7-4-9-36(59)55(34)70)19-2-1-18-52(44(67)33-6-3-8-35(58)54(33)69)20-5-16-47-40(63)31-12-10-26(42(65)56(31)71)37(60)50-29-24-74-25-30(29)51-38(61)27-11-13-32(41(64)49-28)57(72)43(27)66/h3-4,6-13,28-30,45,68-72H,1-2,5,14-25,46H2,(H,47,63)(H,48,62)(H,49,64)(H,50,60)(H,51,61)/t28?,29-,30+,45?/m1/s1. The van der Waals surface area contributed by atoms with Crippen molar-refractivity contribution in [2.24, 2.45) is 5.73 Å². The molecule has 4 aliphatic heterocycles. The summed E-state index contributed by atoms with van der Waals surface area (Å²) < 4.78 is 11.0. The van der Waals surface area contributed by atoms with Gasteiger partial charge in [0.15, 0.2) is 6.23 Å². The quantitative estimate of drug-likeness (QED) is 0.0560. The highest BCUT2D eigenvalue weighted by molar-refractivity contribution is 5.99. The van der Waals surface area contributed by atoms with Crippen LogP contribution in [-0.4, -0.2) is 180 Å². The van der Waals surface area contributed by atoms with E-state index in [0.29, 0.717) is 0 Å². The van der Waals surface area contributed by atoms with Crippen molar-refractivity contribution in [2.75, 3.05) is 72.2 Å². The molecule has 2 unspecified atom stereocenters. The second kappa shape index (κ2) is 25.3. The van der Waals surface area contributed by atoms with E-state index in [1.807, 2.05) is 0 Å². The van der Waals surface area contributed by atoms with Crippen LogP contribution >= 0.6 is 0 Å². The molecule has 12 N–H and O–H groups in total. The summed E-state index contributed by atoms with van der Waals surface area (Å²) in [6.07, 6.45) is -1.74. The van der Waals surface area contributed by atoms with Crippen LogP contribution in [0.25, 0.3) is 0 Å². The highest BCUT2D eigenvalue weighted by Gasteiger charge is 2.34. The maximum absolute atomic E-state index is 13.8. The molecule has 0 saturated carbocycles. The van der Waals surface area contributed by atoms with Gasteiger partial charge in [-0.3, -0.25) is 52.8 Å². The van der Waals surface area contributed by atoms with Crippen molar-refractivity contribution in [1.29, 1.82) is 0 Å². The normalized spacial score (nSPS) is 19.4. The number of nitrogens with zero attached hydrogens (tertiary/aromatic N) is 6. The first-order valence-electron chi connectivity index (χ1n) is 23.2. The molecular formula is C45H56N12O17. The number of pyridine rings is 4. The number of rotatable bonds is 9. The number of aromatic nitrogens is 4. The molecule has 6 amide bonds. The van der Waals surface area contributed by atoms with Gasteiger partial charge in [0.25, 0.3) is 51.8 Å². The van der Waals surface area contributed by atoms with Crippen LogP contribution in [0.5, 0.6) is 0 Å². The molecule has 0 radical (unpaired) electrons. The monoisotopic (exact) mass is 1040 g/mol. The van der Waals surface area contributed by atoms with E-state index >= 15 is 0 Å². The number of aliphatic hydroxyl groups is 1. The summed E-state index contributed by atoms with van der Waals surface area (Å²) in [6, 6.07) is 7.35. The number of fused-ring (bicyclic) bond motifs is 2. The highest BCUT2D eigenvalue weighted by Crippen LogP contribution is 2.19. The molecular weight excluding hydrogens is 981 g/mol. The van der Waals surface area contributed by atoms with Gasteiger partial charge in [-0.15, -0.1) is 18.9 Å². The van der Waals surface area contributed by atoms with Gasteiger partial charge < -0.3 is 72.6 Å². The molecule has 1 fully saturated rings. The number of carbonyl (C=O) groups is 6. The molecule has 0 aliphatic carbocycles. The number of nitrogens with one attached hydrogen (secondary N) is 5. The molecule has 8 rings (SSSR count). The van der Waals surface area contributed by atoms with E-state index in [4.69, 9.17) is 15.2 Å². The van der Waals surface area contributed by atoms with Crippen LogP contribution in [0.4, 0.5) is 0 Å². The largest absolute Gasteiger partial charge is 0.425 e. The van der Waals surface area contributed by atoms with Gasteiger partial charge in [-0.2, -0.15) is 0 Å². The summed E-state index contributed by atoms with van der Waals surface area (Å²) in [7, 11) is 0. The number of amides is 6. The fourth-order valence-corrected chi connectivity index (χ4v) is 7.96. The van der Waals surface area contributed by atoms with E-state index in [9.17, 15) is 73.9 Å². The van der Waals surface area contributed by atoms with Gasteiger partial charge in [0, 0.05) is 57.9 Å². The SMILES string of the molecule is NCCOCCNC(=O)C1CCN(C(O)c2cccc(=O)n2O)CCCCN(C(=O)c2cccc(=O)n2O)CCCNC(=O)c2ccc(c(=O)n2O)C(=O)N[C@@H]2COC[C@@H]2NC(=O)c2ccc(n(O)c2=O)C(=O)N1. The minimum atomic E-state index is -1.74. The van der Waals surface area contributed by atoms with Crippen LogP contribution in [0.3, 0.4) is 0 Å². The fraction of sp³-hybridized carbons (Fsp3) is 0.422. The number of hydrogen-bond donors (Lipinski definition) is 11. The van der Waals surface area contributed by atoms with Crippen LogP contribution in [-0.2, 0) is 14.3 Å². The summed E-state index contributed by atoms with van der Waals surface area (Å²) in [6.45, 7) is -0.738. The Kier molecular flexibility index (Phi) is 18.8. The van der Waals surface area contributed by atoms with Crippen molar-refractivity contribution in [3.8, 4) is 0 Å². The van der Waals surface area contributed by atoms with Crippen LogP contribution in [0.15, 0.2) is 79.8 Å². The molecule has 1 saturated heterocycles. The molecule has 4 aliphatic rings. The Balaban J connectivity index is 1.33. The maximum atomic E-state index is 13.8. The first-order chi connectivity index (χ1) is 35.4. The van der Waals surface area contributed by atoms with E-state index in [1.165, 1.54) is 34.1 Å². The highest BCUT2D eigenvalue weighted by atomic mass is 16.5. The molecule has 0 aromatic carbocycles. The third-order valence-corrected chi connectivity index (χ3v) is 11.9. The van der Waals surface area contributed by atoms with Gasteiger partial charge in [-0.25, -0.2) is 0 Å². The van der Waals surface area contributed by atoms with Crippen molar-refractivity contribution >= 4 is 35.4 Å². The van der Waals surface area contributed by atoms with E-state index < -0.39 is 110 Å². The van der Waals surface area contributed by atoms with Gasteiger partial charge in [-0.05, 0) is 62.1 Å². The summed E-state index contributed by atoms with van der Waals surface area (Å²) >= 11 is 0. The summed E-state index contributed by atoms with van der Waals surface area (Å²) in [4.78, 5) is 135. The number of nitrogens with two attached hydrogens (primary N) is 1. The minimum Gasteiger partial charge on any atom is -0.425 e. The summed E-state index contributed by atoms with van der Waals surface area (Å²) in [5, 5.41) is 67.0. The Morgan fingerprint density at radius 3 is 1.89 bits per heavy atom. The predicted octanol–water partition coefficient (Wildman–Crippen LogP) is -4.16. The molecule has 4 atom stereocenters. The lowest BCUT2D eigenvalue weighted by atomic mass is 10.1. The molecule has 74 heavy (non-hydrogen) atoms. The van der Waals surface area contributed by atoms with Gasteiger partial charge in [0.1, 0.15) is 39.9 Å². The lowest BCUT2D eigenvalue weighted by molar-refractivity contribution is -0.123. The van der Waals surface area contributed by atoms with Crippen molar-refractivity contribution < 1.29 is 64.2 Å². The number of ether oxygens (including phenoxy) is 2. The lowest BCUT2D eigenvalue weighted by Gasteiger charge is -2.30. The molecule has 4 aromatic rings. The molecule has 4 aromatic heterocycles. The Labute approximate surface area is 418 Å². The number of carbonyl (C=O) groups excluding carboxylic acids is 6. The van der Waals surface area contributed by atoms with E-state index in [-0.39, 0.29) is 123 Å². The molecule has 4 bridgehead atoms. The number of hydrogen-bond acceptors (Lipinski definition) is 19. The van der Waals surface area contributed by atoms with Gasteiger partial charge in [0.2, 0.25) is 5.91 Å². The van der Waals surface area contributed by atoms with E-state index in [2.05, 4.69) is 26.6 Å². The van der Waals surface area contributed by atoms with Crippen molar-refractivity contribution in [3.05, 3.63) is 136 Å². The number of aliphatic hydroxyl groups excluding tert-OH is 1. The van der Waals surface area contributed by atoms with Crippen molar-refractivity contribution in [1.82, 2.24) is 55.3 Å². The average molecular weight is 1040 g/mol. The Bertz CT molecular complexity index is 2970. The van der Waals surface area contributed by atoms with Crippen LogP contribution in [0.1, 0.15) is 89.8 Å². The maximum Gasteiger partial charge on any atom is 0.296 e. The zero-order valence-corrected chi connectivity index (χ0v) is 39.6. The minimum absolute atomic E-state index is 0.0174. The van der Waals surface area contributed by atoms with E-state index in [0.717, 1.165) is 36.4 Å². The third kappa shape index (κ3) is 13.2. The van der Waals surface area contributed by atoms with Crippen molar-refractivity contribution in [2.45, 2.75) is 50.0 Å². The van der Waals surface area contributed by atoms with Crippen LogP contribution in [0.2, 0.25) is 0 Å². The predicted molar refractivity (Wildman–Crippen MR) is 252 cm³/mol. The smallest absolute Gasteiger partial charge is 0.296 e. The second-order valence-electron chi connectivity index (χ2n) is 16.9. The average Bonchev–Trinajstić information content (AvgIpc) is 3.81. The molecule has 8 heterocycles. The Morgan fingerprint density at radius 1 is 0.676 bits per heavy atom. The van der Waals surface area contributed by atoms with E-state index in [1.54, 1.807) is 0 Å². The topological polar surface area (TPSA) is 403 Å². The first-order valence-corrected chi connectivity index (χ1v) is 23.2. The Morgan fingerprint density at radius 2 is 1.26 bits per heavy atom. The lowest BCUT2D eigenvalue weighted by Crippen LogP contribution is -2.52. The third-order valence-electron chi connectivity index (χ3n) is 11.9. The van der Waals surface area contributed by atoms with Gasteiger partial charge in [0.05, 0.1) is 38.5 Å². The van der Waals surface area contributed by atoms with Crippen molar-refractivity contribution in [3.63, 3.8) is 0 Å². The zero-order valence-electron chi connectivity index (χ0n) is 39.6. The summed E-state index contributed by atoms with van der Waals surface area (Å²) in [5.74, 6) is -5.82. The molecule has 29 nitrogen and oxygen atoms in total. The zero-order chi connectivity index (χ0) is 53.6. The van der Waals surface area contributed by atoms with Gasteiger partial charge in [-0.1, -0.05) is 12.1 Å². The second-order valence-corrected chi connectivity index (χ2v) is 16.9. The Hall–Kier alpha value is -8.38. The summed E-state index contributed by atoms with van der Waals surface area (Å²) in [5.41, 5.74) is -2.24. The van der Waals surface area contributed by atoms with Gasteiger partial charge >= 0.3 is 0 Å². The van der Waals surface area contributed by atoms with Crippen LogP contribution in [0, 0.1) is 0 Å². The molecule has 398 valence electrons. The fourth-order valence-electron chi connectivity index (χ4n) is 7.96. The van der Waals surface area contributed by atoms with Crippen LogP contribution < -0.4 is 54.6 Å².